The smallest absolute Gasteiger partial charge is 0.167 e. The van der Waals surface area contributed by atoms with Crippen LogP contribution in [0.2, 0.25) is 0 Å². The van der Waals surface area contributed by atoms with Crippen LogP contribution in [0, 0.1) is 0 Å². The van der Waals surface area contributed by atoms with E-state index in [1.54, 1.807) is 18.2 Å². The SMILES string of the molecule is COc1cccc(/C(=N/O)c2cccs2)c1O. The highest BCUT2D eigenvalue weighted by molar-refractivity contribution is 7.12. The average molecular weight is 249 g/mol. The van der Waals surface area contributed by atoms with Gasteiger partial charge in [0.15, 0.2) is 11.5 Å². The van der Waals surface area contributed by atoms with Crippen molar-refractivity contribution in [2.75, 3.05) is 7.11 Å². The Morgan fingerprint density at radius 1 is 1.29 bits per heavy atom. The maximum Gasteiger partial charge on any atom is 0.167 e. The molecule has 17 heavy (non-hydrogen) atoms. The van der Waals surface area contributed by atoms with E-state index < -0.39 is 0 Å². The fourth-order valence-corrected chi connectivity index (χ4v) is 2.25. The average Bonchev–Trinajstić information content (AvgIpc) is 2.86. The summed E-state index contributed by atoms with van der Waals surface area (Å²) < 4.78 is 5.01. The molecule has 0 amide bonds. The van der Waals surface area contributed by atoms with Gasteiger partial charge in [-0.15, -0.1) is 11.3 Å². The van der Waals surface area contributed by atoms with Gasteiger partial charge in [0.1, 0.15) is 5.71 Å². The molecular formula is C12H11NO3S. The molecule has 0 saturated carbocycles. The topological polar surface area (TPSA) is 62.0 Å². The Kier molecular flexibility index (Phi) is 3.30. The number of methoxy groups -OCH3 is 1. The summed E-state index contributed by atoms with van der Waals surface area (Å²) in [5, 5.41) is 24.2. The largest absolute Gasteiger partial charge is 0.504 e. The zero-order chi connectivity index (χ0) is 12.3. The molecular weight excluding hydrogens is 238 g/mol. The summed E-state index contributed by atoms with van der Waals surface area (Å²) in [7, 11) is 1.47. The minimum Gasteiger partial charge on any atom is -0.504 e. The second kappa shape index (κ2) is 4.88. The number of phenols is 1. The van der Waals surface area contributed by atoms with E-state index in [0.717, 1.165) is 4.88 Å². The van der Waals surface area contributed by atoms with Crippen LogP contribution in [0.4, 0.5) is 0 Å². The summed E-state index contributed by atoms with van der Waals surface area (Å²) in [6.07, 6.45) is 0. The molecule has 0 radical (unpaired) electrons. The normalized spacial score (nSPS) is 11.5. The van der Waals surface area contributed by atoms with E-state index in [1.165, 1.54) is 18.4 Å². The Balaban J connectivity index is 2.53. The van der Waals surface area contributed by atoms with Crippen LogP contribution in [0.25, 0.3) is 0 Å². The third-order valence-electron chi connectivity index (χ3n) is 2.33. The number of oxime groups is 1. The van der Waals surface area contributed by atoms with Gasteiger partial charge in [0.2, 0.25) is 0 Å². The minimum atomic E-state index is -0.0313. The van der Waals surface area contributed by atoms with Gasteiger partial charge < -0.3 is 15.1 Å². The predicted octanol–water partition coefficient (Wildman–Crippen LogP) is 2.69. The molecule has 88 valence electrons. The number of rotatable bonds is 3. The molecule has 2 rings (SSSR count). The molecule has 5 heteroatoms. The Labute approximate surface area is 102 Å². The van der Waals surface area contributed by atoms with E-state index in [9.17, 15) is 5.11 Å². The van der Waals surface area contributed by atoms with Gasteiger partial charge in [-0.05, 0) is 23.6 Å². The standard InChI is InChI=1S/C12H11NO3S/c1-16-9-5-2-4-8(12(9)14)11(13-15)10-6-3-7-17-10/h2-7,14-15H,1H3/b13-11-. The Bertz CT molecular complexity index is 535. The van der Waals surface area contributed by atoms with Gasteiger partial charge in [-0.2, -0.15) is 0 Å². The van der Waals surface area contributed by atoms with Crippen molar-refractivity contribution in [2.24, 2.45) is 5.16 Å². The van der Waals surface area contributed by atoms with Crippen LogP contribution < -0.4 is 4.74 Å². The first kappa shape index (κ1) is 11.5. The van der Waals surface area contributed by atoms with Crippen LogP contribution in [-0.2, 0) is 0 Å². The summed E-state index contributed by atoms with van der Waals surface area (Å²) in [5.74, 6) is 0.316. The number of phenolic OH excluding ortho intramolecular Hbond substituents is 1. The van der Waals surface area contributed by atoms with E-state index >= 15 is 0 Å². The molecule has 2 aromatic rings. The Morgan fingerprint density at radius 2 is 2.12 bits per heavy atom. The van der Waals surface area contributed by atoms with Gasteiger partial charge in [0, 0.05) is 0 Å². The lowest BCUT2D eigenvalue weighted by atomic mass is 10.1. The highest BCUT2D eigenvalue weighted by Gasteiger charge is 2.16. The summed E-state index contributed by atoms with van der Waals surface area (Å²) in [4.78, 5) is 0.774. The first-order chi connectivity index (χ1) is 8.27. The number of para-hydroxylation sites is 1. The lowest BCUT2D eigenvalue weighted by Gasteiger charge is -2.08. The third kappa shape index (κ3) is 2.09. The molecule has 0 atom stereocenters. The maximum atomic E-state index is 9.98. The van der Waals surface area contributed by atoms with Crippen molar-refractivity contribution in [3.8, 4) is 11.5 Å². The fourth-order valence-electron chi connectivity index (χ4n) is 1.53. The molecule has 1 aromatic heterocycles. The molecule has 2 N–H and O–H groups in total. The van der Waals surface area contributed by atoms with Crippen LogP contribution in [0.1, 0.15) is 10.4 Å². The molecule has 0 saturated heterocycles. The molecule has 0 unspecified atom stereocenters. The van der Waals surface area contributed by atoms with Gasteiger partial charge in [0.05, 0.1) is 17.6 Å². The van der Waals surface area contributed by atoms with Crippen molar-refractivity contribution in [1.29, 1.82) is 0 Å². The van der Waals surface area contributed by atoms with E-state index in [4.69, 9.17) is 9.94 Å². The summed E-state index contributed by atoms with van der Waals surface area (Å²) in [5.41, 5.74) is 0.769. The highest BCUT2D eigenvalue weighted by Crippen LogP contribution is 2.31. The monoisotopic (exact) mass is 249 g/mol. The minimum absolute atomic E-state index is 0.0313. The predicted molar refractivity (Wildman–Crippen MR) is 66.4 cm³/mol. The van der Waals surface area contributed by atoms with Gasteiger partial charge in [-0.3, -0.25) is 0 Å². The van der Waals surface area contributed by atoms with Crippen LogP contribution in [0.3, 0.4) is 0 Å². The fraction of sp³-hybridized carbons (Fsp3) is 0.0833. The number of aromatic hydroxyl groups is 1. The second-order valence-electron chi connectivity index (χ2n) is 3.28. The molecule has 4 nitrogen and oxygen atoms in total. The second-order valence-corrected chi connectivity index (χ2v) is 4.23. The third-order valence-corrected chi connectivity index (χ3v) is 3.21. The zero-order valence-electron chi connectivity index (χ0n) is 9.12. The van der Waals surface area contributed by atoms with E-state index in [1.807, 2.05) is 17.5 Å². The molecule has 0 fully saturated rings. The van der Waals surface area contributed by atoms with E-state index in [2.05, 4.69) is 5.16 Å². The molecule has 0 spiro atoms. The van der Waals surface area contributed by atoms with Crippen molar-refractivity contribution in [3.05, 3.63) is 46.2 Å². The Morgan fingerprint density at radius 3 is 2.71 bits per heavy atom. The van der Waals surface area contributed by atoms with Crippen molar-refractivity contribution in [3.63, 3.8) is 0 Å². The van der Waals surface area contributed by atoms with Crippen LogP contribution in [-0.4, -0.2) is 23.1 Å². The lowest BCUT2D eigenvalue weighted by Crippen LogP contribution is -2.02. The first-order valence-corrected chi connectivity index (χ1v) is 5.78. The first-order valence-electron chi connectivity index (χ1n) is 4.90. The molecule has 0 aliphatic heterocycles. The van der Waals surface area contributed by atoms with Crippen molar-refractivity contribution in [1.82, 2.24) is 0 Å². The van der Waals surface area contributed by atoms with Crippen LogP contribution in [0.15, 0.2) is 40.9 Å². The van der Waals surface area contributed by atoms with Gasteiger partial charge in [-0.25, -0.2) is 0 Å². The number of benzene rings is 1. The summed E-state index contributed by atoms with van der Waals surface area (Å²) in [6, 6.07) is 8.71. The molecule has 1 aromatic carbocycles. The van der Waals surface area contributed by atoms with Gasteiger partial charge in [0.25, 0.3) is 0 Å². The lowest BCUT2D eigenvalue weighted by molar-refractivity contribution is 0.319. The number of hydrogen-bond acceptors (Lipinski definition) is 5. The Hall–Kier alpha value is -2.01. The maximum absolute atomic E-state index is 9.98. The number of ether oxygens (including phenoxy) is 1. The van der Waals surface area contributed by atoms with Crippen LogP contribution >= 0.6 is 11.3 Å². The molecule has 0 aliphatic carbocycles. The zero-order valence-corrected chi connectivity index (χ0v) is 9.94. The molecule has 1 heterocycles. The van der Waals surface area contributed by atoms with Gasteiger partial charge >= 0.3 is 0 Å². The van der Waals surface area contributed by atoms with Crippen molar-refractivity contribution < 1.29 is 15.1 Å². The molecule has 0 bridgehead atoms. The number of hydrogen-bond donors (Lipinski definition) is 2. The van der Waals surface area contributed by atoms with Gasteiger partial charge in [-0.1, -0.05) is 17.3 Å². The van der Waals surface area contributed by atoms with Crippen LogP contribution in [0.5, 0.6) is 11.5 Å². The number of thiophene rings is 1. The summed E-state index contributed by atoms with van der Waals surface area (Å²) >= 11 is 1.43. The molecule has 0 aliphatic rings. The highest BCUT2D eigenvalue weighted by atomic mass is 32.1. The van der Waals surface area contributed by atoms with E-state index in [-0.39, 0.29) is 5.75 Å². The van der Waals surface area contributed by atoms with E-state index in [0.29, 0.717) is 17.0 Å². The van der Waals surface area contributed by atoms with Crippen molar-refractivity contribution >= 4 is 17.0 Å². The number of nitrogens with zero attached hydrogens (tertiary/aromatic N) is 1. The van der Waals surface area contributed by atoms with Crippen molar-refractivity contribution in [2.45, 2.75) is 0 Å². The summed E-state index contributed by atoms with van der Waals surface area (Å²) in [6.45, 7) is 0. The quantitative estimate of drug-likeness (QED) is 0.499.